The maximum absolute atomic E-state index is 6.50. The number of ether oxygens (including phenoxy) is 3. The monoisotopic (exact) mass is 443 g/mol. The summed E-state index contributed by atoms with van der Waals surface area (Å²) in [5, 5.41) is 0. The van der Waals surface area contributed by atoms with Crippen LogP contribution in [0.3, 0.4) is 0 Å². The fraction of sp³-hybridized carbons (Fsp3) is 0.310. The molecule has 1 fully saturated rings. The molecular formula is C29H33NO3. The van der Waals surface area contributed by atoms with Crippen molar-refractivity contribution in [2.24, 2.45) is 0 Å². The van der Waals surface area contributed by atoms with Crippen molar-refractivity contribution in [3.05, 3.63) is 120 Å². The van der Waals surface area contributed by atoms with Gasteiger partial charge in [0, 0.05) is 13.1 Å². The van der Waals surface area contributed by atoms with Gasteiger partial charge in [0.15, 0.2) is 0 Å². The minimum atomic E-state index is -0.0929. The summed E-state index contributed by atoms with van der Waals surface area (Å²) >= 11 is 0. The SMILES string of the molecule is C=CCN1C[C@@H](OCc2ccccc2)[C@H](OCc2ccccc2)[C@H]1COCc1ccccc1. The minimum absolute atomic E-state index is 0.0424. The summed E-state index contributed by atoms with van der Waals surface area (Å²) in [7, 11) is 0. The molecule has 0 radical (unpaired) electrons. The minimum Gasteiger partial charge on any atom is -0.375 e. The highest BCUT2D eigenvalue weighted by molar-refractivity contribution is 5.15. The predicted octanol–water partition coefficient (Wildman–Crippen LogP) is 5.24. The second-order valence-electron chi connectivity index (χ2n) is 8.41. The first-order valence-electron chi connectivity index (χ1n) is 11.6. The van der Waals surface area contributed by atoms with E-state index < -0.39 is 0 Å². The van der Waals surface area contributed by atoms with Crippen LogP contribution in [-0.4, -0.2) is 42.8 Å². The lowest BCUT2D eigenvalue weighted by Gasteiger charge is -2.28. The highest BCUT2D eigenvalue weighted by atomic mass is 16.5. The topological polar surface area (TPSA) is 30.9 Å². The Labute approximate surface area is 197 Å². The van der Waals surface area contributed by atoms with E-state index in [1.54, 1.807) is 0 Å². The van der Waals surface area contributed by atoms with Crippen molar-refractivity contribution in [3.8, 4) is 0 Å². The number of hydrogen-bond acceptors (Lipinski definition) is 4. The van der Waals surface area contributed by atoms with Crippen molar-refractivity contribution in [2.75, 3.05) is 19.7 Å². The summed E-state index contributed by atoms with van der Waals surface area (Å²) in [6.07, 6.45) is 1.81. The Hall–Kier alpha value is -2.76. The van der Waals surface area contributed by atoms with Crippen LogP contribution in [-0.2, 0) is 34.0 Å². The third kappa shape index (κ3) is 6.86. The van der Waals surface area contributed by atoms with Gasteiger partial charge in [0.25, 0.3) is 0 Å². The predicted molar refractivity (Wildman–Crippen MR) is 132 cm³/mol. The van der Waals surface area contributed by atoms with Gasteiger partial charge in [-0.1, -0.05) is 97.1 Å². The molecule has 0 aromatic heterocycles. The van der Waals surface area contributed by atoms with Crippen molar-refractivity contribution in [1.29, 1.82) is 0 Å². The molecule has 0 amide bonds. The van der Waals surface area contributed by atoms with Crippen molar-refractivity contribution in [1.82, 2.24) is 4.90 Å². The van der Waals surface area contributed by atoms with E-state index in [1.807, 2.05) is 60.7 Å². The molecule has 1 aliphatic rings. The molecule has 0 aliphatic carbocycles. The number of hydrogen-bond donors (Lipinski definition) is 0. The molecule has 1 saturated heterocycles. The molecule has 172 valence electrons. The lowest BCUT2D eigenvalue weighted by molar-refractivity contribution is -0.0814. The third-order valence-corrected chi connectivity index (χ3v) is 5.99. The lowest BCUT2D eigenvalue weighted by atomic mass is 10.1. The number of benzene rings is 3. The molecule has 3 aromatic carbocycles. The molecule has 0 saturated carbocycles. The molecular weight excluding hydrogens is 410 g/mol. The van der Waals surface area contributed by atoms with Crippen LogP contribution in [0.25, 0.3) is 0 Å². The van der Waals surface area contributed by atoms with Gasteiger partial charge in [-0.15, -0.1) is 6.58 Å². The van der Waals surface area contributed by atoms with Gasteiger partial charge >= 0.3 is 0 Å². The smallest absolute Gasteiger partial charge is 0.103 e. The highest BCUT2D eigenvalue weighted by Crippen LogP contribution is 2.27. The van der Waals surface area contributed by atoms with Gasteiger partial charge < -0.3 is 14.2 Å². The zero-order valence-electron chi connectivity index (χ0n) is 19.1. The molecule has 0 N–H and O–H groups in total. The van der Waals surface area contributed by atoms with Crippen molar-refractivity contribution in [2.45, 2.75) is 38.1 Å². The molecule has 1 heterocycles. The Bertz CT molecular complexity index is 948. The number of nitrogens with zero attached hydrogens (tertiary/aromatic N) is 1. The summed E-state index contributed by atoms with van der Waals surface area (Å²) in [5.74, 6) is 0. The molecule has 0 spiro atoms. The van der Waals surface area contributed by atoms with E-state index in [0.717, 1.165) is 18.7 Å². The van der Waals surface area contributed by atoms with E-state index >= 15 is 0 Å². The van der Waals surface area contributed by atoms with Gasteiger partial charge in [-0.05, 0) is 16.7 Å². The van der Waals surface area contributed by atoms with Crippen LogP contribution >= 0.6 is 0 Å². The second kappa shape index (κ2) is 12.5. The zero-order chi connectivity index (χ0) is 22.7. The average Bonchev–Trinajstić information content (AvgIpc) is 3.19. The van der Waals surface area contributed by atoms with Crippen molar-refractivity contribution in [3.63, 3.8) is 0 Å². The summed E-state index contributed by atoms with van der Waals surface area (Å²) in [6.45, 7) is 7.80. The number of rotatable bonds is 12. The van der Waals surface area contributed by atoms with Gasteiger partial charge in [0.05, 0.1) is 38.6 Å². The largest absolute Gasteiger partial charge is 0.375 e. The normalized spacial score (nSPS) is 20.7. The van der Waals surface area contributed by atoms with Gasteiger partial charge in [-0.2, -0.15) is 0 Å². The highest BCUT2D eigenvalue weighted by Gasteiger charge is 2.43. The Morgan fingerprint density at radius 2 is 1.24 bits per heavy atom. The molecule has 0 bridgehead atoms. The molecule has 33 heavy (non-hydrogen) atoms. The van der Waals surface area contributed by atoms with E-state index in [0.29, 0.717) is 26.4 Å². The maximum Gasteiger partial charge on any atom is 0.103 e. The third-order valence-electron chi connectivity index (χ3n) is 5.99. The maximum atomic E-state index is 6.50. The fourth-order valence-electron chi connectivity index (χ4n) is 4.28. The quantitative estimate of drug-likeness (QED) is 0.358. The molecule has 4 nitrogen and oxygen atoms in total. The van der Waals surface area contributed by atoms with E-state index in [-0.39, 0.29) is 18.2 Å². The van der Waals surface area contributed by atoms with Crippen LogP contribution in [0.4, 0.5) is 0 Å². The first-order valence-corrected chi connectivity index (χ1v) is 11.6. The van der Waals surface area contributed by atoms with Crippen LogP contribution < -0.4 is 0 Å². The summed E-state index contributed by atoms with van der Waals surface area (Å²) < 4.78 is 19.1. The molecule has 0 unspecified atom stereocenters. The molecule has 4 rings (SSSR count). The first kappa shape index (κ1) is 23.4. The van der Waals surface area contributed by atoms with Crippen LogP contribution in [0, 0.1) is 0 Å². The first-order chi connectivity index (χ1) is 16.3. The molecule has 4 heteroatoms. The Kier molecular flexibility index (Phi) is 8.84. The van der Waals surface area contributed by atoms with Crippen LogP contribution in [0.5, 0.6) is 0 Å². The van der Waals surface area contributed by atoms with Crippen LogP contribution in [0.2, 0.25) is 0 Å². The summed E-state index contributed by atoms with van der Waals surface area (Å²) in [6, 6.07) is 31.0. The average molecular weight is 444 g/mol. The Morgan fingerprint density at radius 1 is 0.727 bits per heavy atom. The molecule has 3 aromatic rings. The van der Waals surface area contributed by atoms with E-state index in [2.05, 4.69) is 47.9 Å². The van der Waals surface area contributed by atoms with Crippen molar-refractivity contribution >= 4 is 0 Å². The molecule has 1 aliphatic heterocycles. The second-order valence-corrected chi connectivity index (χ2v) is 8.41. The Morgan fingerprint density at radius 3 is 1.79 bits per heavy atom. The summed E-state index contributed by atoms with van der Waals surface area (Å²) in [5.41, 5.74) is 3.49. The van der Waals surface area contributed by atoms with E-state index in [1.165, 1.54) is 11.1 Å². The van der Waals surface area contributed by atoms with Crippen LogP contribution in [0.1, 0.15) is 16.7 Å². The standard InChI is InChI=1S/C29H33NO3/c1-2-18-30-19-28(32-21-25-14-8-4-9-15-25)29(33-22-26-16-10-5-11-17-26)27(30)23-31-20-24-12-6-3-7-13-24/h2-17,27-29H,1,18-23H2/t27-,28-,29-/m1/s1. The molecule has 3 atom stereocenters. The van der Waals surface area contributed by atoms with Gasteiger partial charge in [0.1, 0.15) is 6.10 Å². The van der Waals surface area contributed by atoms with Crippen molar-refractivity contribution < 1.29 is 14.2 Å². The fourth-order valence-corrected chi connectivity index (χ4v) is 4.28. The van der Waals surface area contributed by atoms with Gasteiger partial charge in [0.2, 0.25) is 0 Å². The summed E-state index contributed by atoms with van der Waals surface area (Å²) in [4.78, 5) is 2.36. The van der Waals surface area contributed by atoms with Crippen LogP contribution in [0.15, 0.2) is 104 Å². The van der Waals surface area contributed by atoms with E-state index in [4.69, 9.17) is 14.2 Å². The van der Waals surface area contributed by atoms with Gasteiger partial charge in [-0.25, -0.2) is 0 Å². The Balaban J connectivity index is 1.45. The van der Waals surface area contributed by atoms with E-state index in [9.17, 15) is 0 Å². The lowest BCUT2D eigenvalue weighted by Crippen LogP contribution is -2.41. The van der Waals surface area contributed by atoms with Gasteiger partial charge in [-0.3, -0.25) is 4.90 Å². The zero-order valence-corrected chi connectivity index (χ0v) is 19.1. The number of likely N-dealkylation sites (tertiary alicyclic amines) is 1.